The van der Waals surface area contributed by atoms with Gasteiger partial charge in [-0.2, -0.15) is 0 Å². The van der Waals surface area contributed by atoms with E-state index in [9.17, 15) is 4.79 Å². The highest BCUT2D eigenvalue weighted by Crippen LogP contribution is 2.19. The van der Waals surface area contributed by atoms with Crippen molar-refractivity contribution in [2.45, 2.75) is 32.7 Å². The molecule has 0 aliphatic carbocycles. The molecule has 0 spiro atoms. The molecule has 0 aliphatic heterocycles. The van der Waals surface area contributed by atoms with Crippen LogP contribution in [-0.2, 0) is 6.54 Å². The lowest BCUT2D eigenvalue weighted by Gasteiger charge is -2.03. The Kier molecular flexibility index (Phi) is 3.42. The van der Waals surface area contributed by atoms with Crippen molar-refractivity contribution in [3.63, 3.8) is 0 Å². The highest BCUT2D eigenvalue weighted by molar-refractivity contribution is 6.01. The van der Waals surface area contributed by atoms with Gasteiger partial charge in [0.2, 0.25) is 0 Å². The molecule has 0 radical (unpaired) electrons. The van der Waals surface area contributed by atoms with Crippen molar-refractivity contribution in [3.8, 4) is 0 Å². The fourth-order valence-electron chi connectivity index (χ4n) is 2.00. The maximum Gasteiger partial charge on any atom is 0.339 e. The lowest BCUT2D eigenvalue weighted by molar-refractivity contribution is 0.0698. The molecule has 2 aromatic heterocycles. The number of carboxylic acids is 1. The first kappa shape index (κ1) is 11.6. The topological polar surface area (TPSA) is 55.1 Å². The van der Waals surface area contributed by atoms with Crippen LogP contribution in [0.4, 0.5) is 0 Å². The number of hydrogen-bond donors (Lipinski definition) is 1. The Morgan fingerprint density at radius 1 is 1.47 bits per heavy atom. The molecule has 0 atom stereocenters. The van der Waals surface area contributed by atoms with Gasteiger partial charge >= 0.3 is 5.97 Å². The van der Waals surface area contributed by atoms with Crippen LogP contribution in [0, 0.1) is 0 Å². The molecule has 2 heterocycles. The van der Waals surface area contributed by atoms with Gasteiger partial charge in [0.1, 0.15) is 11.1 Å². The molecule has 0 aromatic carbocycles. The van der Waals surface area contributed by atoms with Crippen LogP contribution in [0.1, 0.15) is 36.5 Å². The molecule has 17 heavy (non-hydrogen) atoms. The monoisotopic (exact) mass is 232 g/mol. The van der Waals surface area contributed by atoms with Crippen LogP contribution in [-0.4, -0.2) is 20.6 Å². The zero-order chi connectivity index (χ0) is 12.3. The Bertz CT molecular complexity index is 531. The molecule has 0 saturated heterocycles. The molecule has 2 rings (SSSR count). The molecular weight excluding hydrogens is 216 g/mol. The molecule has 0 saturated carbocycles. The largest absolute Gasteiger partial charge is 0.478 e. The van der Waals surface area contributed by atoms with Crippen molar-refractivity contribution in [3.05, 3.63) is 30.1 Å². The molecule has 0 amide bonds. The number of aromatic carboxylic acids is 1. The van der Waals surface area contributed by atoms with Gasteiger partial charge in [-0.25, -0.2) is 4.79 Å². The lowest BCUT2D eigenvalue weighted by Crippen LogP contribution is -1.97. The van der Waals surface area contributed by atoms with E-state index in [1.165, 1.54) is 0 Å². The summed E-state index contributed by atoms with van der Waals surface area (Å²) in [6, 6.07) is 3.75. The smallest absolute Gasteiger partial charge is 0.339 e. The van der Waals surface area contributed by atoms with E-state index in [4.69, 9.17) is 5.11 Å². The summed E-state index contributed by atoms with van der Waals surface area (Å²) >= 11 is 0. The summed E-state index contributed by atoms with van der Waals surface area (Å²) in [5.41, 5.74) is 1.77. The van der Waals surface area contributed by atoms with Crippen molar-refractivity contribution in [1.82, 2.24) is 9.55 Å². The highest BCUT2D eigenvalue weighted by Gasteiger charge is 2.14. The third-order valence-corrected chi connectivity index (χ3v) is 2.87. The minimum atomic E-state index is -0.914. The Morgan fingerprint density at radius 2 is 2.29 bits per heavy atom. The normalized spacial score (nSPS) is 10.9. The van der Waals surface area contributed by atoms with Gasteiger partial charge in [0.25, 0.3) is 0 Å². The van der Waals surface area contributed by atoms with Crippen molar-refractivity contribution in [2.24, 2.45) is 0 Å². The number of rotatable bonds is 5. The maximum atomic E-state index is 11.1. The molecule has 2 aromatic rings. The van der Waals surface area contributed by atoms with E-state index in [1.54, 1.807) is 12.4 Å². The summed E-state index contributed by atoms with van der Waals surface area (Å²) in [7, 11) is 0. The first-order chi connectivity index (χ1) is 8.24. The number of carbonyl (C=O) groups is 1. The number of carboxylic acid groups (broad SMARTS) is 1. The Hall–Kier alpha value is -1.84. The highest BCUT2D eigenvalue weighted by atomic mass is 16.4. The second kappa shape index (κ2) is 4.99. The second-order valence-corrected chi connectivity index (χ2v) is 4.12. The van der Waals surface area contributed by atoms with Crippen LogP contribution in [0.25, 0.3) is 11.0 Å². The minimum absolute atomic E-state index is 0.289. The van der Waals surface area contributed by atoms with Gasteiger partial charge < -0.3 is 9.67 Å². The maximum absolute atomic E-state index is 11.1. The van der Waals surface area contributed by atoms with Gasteiger partial charge in [0, 0.05) is 18.9 Å². The summed E-state index contributed by atoms with van der Waals surface area (Å²) < 4.78 is 1.99. The Balaban J connectivity index is 2.38. The van der Waals surface area contributed by atoms with E-state index < -0.39 is 5.97 Å². The third-order valence-electron chi connectivity index (χ3n) is 2.87. The molecule has 4 nitrogen and oxygen atoms in total. The quantitative estimate of drug-likeness (QED) is 0.806. The van der Waals surface area contributed by atoms with Crippen LogP contribution in [0.2, 0.25) is 0 Å². The first-order valence-electron chi connectivity index (χ1n) is 5.91. The first-order valence-corrected chi connectivity index (χ1v) is 5.91. The minimum Gasteiger partial charge on any atom is -0.478 e. The summed E-state index contributed by atoms with van der Waals surface area (Å²) in [5, 5.41) is 9.11. The number of fused-ring (bicyclic) bond motifs is 1. The van der Waals surface area contributed by atoms with Crippen LogP contribution in [0.3, 0.4) is 0 Å². The third kappa shape index (κ3) is 2.30. The molecule has 0 unspecified atom stereocenters. The van der Waals surface area contributed by atoms with Crippen molar-refractivity contribution < 1.29 is 9.90 Å². The molecular formula is C13H16N2O2. The van der Waals surface area contributed by atoms with Crippen molar-refractivity contribution in [1.29, 1.82) is 0 Å². The molecule has 0 fully saturated rings. The van der Waals surface area contributed by atoms with Crippen LogP contribution in [0.5, 0.6) is 0 Å². The number of hydrogen-bond acceptors (Lipinski definition) is 2. The Labute approximate surface area is 99.9 Å². The average Bonchev–Trinajstić information content (AvgIpc) is 2.69. The zero-order valence-electron chi connectivity index (χ0n) is 9.89. The molecule has 4 heteroatoms. The summed E-state index contributed by atoms with van der Waals surface area (Å²) in [6.07, 6.45) is 6.70. The fourth-order valence-corrected chi connectivity index (χ4v) is 2.00. The number of aromatic nitrogens is 2. The van der Waals surface area contributed by atoms with Crippen molar-refractivity contribution in [2.75, 3.05) is 0 Å². The predicted molar refractivity (Wildman–Crippen MR) is 66.2 cm³/mol. The van der Waals surface area contributed by atoms with Crippen LogP contribution < -0.4 is 0 Å². The van der Waals surface area contributed by atoms with Crippen LogP contribution >= 0.6 is 0 Å². The molecule has 0 bridgehead atoms. The molecule has 90 valence electrons. The van der Waals surface area contributed by atoms with E-state index >= 15 is 0 Å². The molecule has 0 aliphatic rings. The van der Waals surface area contributed by atoms with E-state index in [0.717, 1.165) is 31.3 Å². The summed E-state index contributed by atoms with van der Waals surface area (Å²) in [6.45, 7) is 3.00. The second-order valence-electron chi connectivity index (χ2n) is 4.12. The zero-order valence-corrected chi connectivity index (χ0v) is 9.89. The van der Waals surface area contributed by atoms with E-state index in [2.05, 4.69) is 11.9 Å². The average molecular weight is 232 g/mol. The Morgan fingerprint density at radius 3 is 3.00 bits per heavy atom. The summed E-state index contributed by atoms with van der Waals surface area (Å²) in [5.74, 6) is -0.914. The SMILES string of the molecule is CCCCCn1cc(C(=O)O)c2ncccc21. The predicted octanol–water partition coefficient (Wildman–Crippen LogP) is 2.92. The van der Waals surface area contributed by atoms with Gasteiger partial charge in [-0.3, -0.25) is 4.98 Å². The number of pyridine rings is 1. The van der Waals surface area contributed by atoms with E-state index in [1.807, 2.05) is 16.7 Å². The summed E-state index contributed by atoms with van der Waals surface area (Å²) in [4.78, 5) is 15.3. The van der Waals surface area contributed by atoms with E-state index in [0.29, 0.717) is 5.52 Å². The van der Waals surface area contributed by atoms with Crippen LogP contribution in [0.15, 0.2) is 24.5 Å². The fraction of sp³-hybridized carbons (Fsp3) is 0.385. The van der Waals surface area contributed by atoms with Gasteiger partial charge in [-0.05, 0) is 18.6 Å². The van der Waals surface area contributed by atoms with E-state index in [-0.39, 0.29) is 5.56 Å². The van der Waals surface area contributed by atoms with Gasteiger partial charge in [-0.15, -0.1) is 0 Å². The lowest BCUT2D eigenvalue weighted by atomic mass is 10.2. The van der Waals surface area contributed by atoms with Gasteiger partial charge in [0.05, 0.1) is 5.52 Å². The number of nitrogens with zero attached hydrogens (tertiary/aromatic N) is 2. The van der Waals surface area contributed by atoms with Gasteiger partial charge in [-0.1, -0.05) is 19.8 Å². The molecule has 1 N–H and O–H groups in total. The number of unbranched alkanes of at least 4 members (excludes halogenated alkanes) is 2. The van der Waals surface area contributed by atoms with Gasteiger partial charge in [0.15, 0.2) is 0 Å². The number of aryl methyl sites for hydroxylation is 1. The standard InChI is InChI=1S/C13H16N2O2/c1-2-3-4-8-15-9-10(13(16)17)12-11(15)6-5-7-14-12/h5-7,9H,2-4,8H2,1H3,(H,16,17). The van der Waals surface area contributed by atoms with Crippen molar-refractivity contribution >= 4 is 17.0 Å².